The molecule has 0 saturated heterocycles. The average Bonchev–Trinajstić information content (AvgIpc) is 2.90. The van der Waals surface area contributed by atoms with E-state index >= 15 is 0 Å². The number of Topliss-reactive ketones (excluding diaryl/α,β-unsaturated/α-hetero) is 1. The SMILES string of the molecule is C[C@H]1C[C@H]2[C@@H]3CCC4=CC(=O)C=C[C@]4(C)[C@@]3(Cl)[C@@H](O)C[C@]2(C)[C@@]1(OP(=O)(O)O)C(=O)CO.[NaH]. The Morgan fingerprint density at radius 1 is 1.30 bits per heavy atom. The number of carbonyl (C=O) groups is 2. The number of carbonyl (C=O) groups excluding carboxylic acids is 2. The Bertz CT molecular complexity index is 979. The Labute approximate surface area is 220 Å². The van der Waals surface area contributed by atoms with Crippen LogP contribution < -0.4 is 0 Å². The van der Waals surface area contributed by atoms with Gasteiger partial charge in [-0.3, -0.25) is 14.1 Å². The molecular formula is C22H31ClNaO8P. The number of alkyl halides is 1. The predicted molar refractivity (Wildman–Crippen MR) is 123 cm³/mol. The molecule has 4 N–H and O–H groups in total. The molecule has 4 rings (SSSR count). The van der Waals surface area contributed by atoms with Gasteiger partial charge in [0, 0.05) is 10.8 Å². The molecule has 3 saturated carbocycles. The van der Waals surface area contributed by atoms with Crippen molar-refractivity contribution in [2.75, 3.05) is 6.61 Å². The molecule has 0 heterocycles. The number of hydrogen-bond acceptors (Lipinski definition) is 6. The van der Waals surface area contributed by atoms with Crippen molar-refractivity contribution in [1.29, 1.82) is 0 Å². The van der Waals surface area contributed by atoms with Crippen LogP contribution in [0.2, 0.25) is 0 Å². The third-order valence-electron chi connectivity index (χ3n) is 9.00. The number of phosphoric ester groups is 1. The van der Waals surface area contributed by atoms with Gasteiger partial charge in [-0.05, 0) is 55.6 Å². The van der Waals surface area contributed by atoms with Gasteiger partial charge in [-0.15, -0.1) is 11.6 Å². The molecule has 180 valence electrons. The second-order valence-electron chi connectivity index (χ2n) is 10.3. The van der Waals surface area contributed by atoms with Crippen LogP contribution in [0.3, 0.4) is 0 Å². The van der Waals surface area contributed by atoms with E-state index in [1.807, 2.05) is 6.92 Å². The second kappa shape index (κ2) is 8.62. The van der Waals surface area contributed by atoms with Crippen molar-refractivity contribution in [2.24, 2.45) is 28.6 Å². The van der Waals surface area contributed by atoms with Crippen LogP contribution in [0.5, 0.6) is 0 Å². The van der Waals surface area contributed by atoms with Crippen molar-refractivity contribution < 1.29 is 38.7 Å². The zero-order chi connectivity index (χ0) is 23.9. The van der Waals surface area contributed by atoms with Gasteiger partial charge in [-0.25, -0.2) is 4.57 Å². The van der Waals surface area contributed by atoms with Crippen LogP contribution in [0.4, 0.5) is 0 Å². The molecule has 4 aliphatic rings. The zero-order valence-corrected chi connectivity index (χ0v) is 20.0. The average molecular weight is 513 g/mol. The van der Waals surface area contributed by atoms with E-state index in [1.54, 1.807) is 26.0 Å². The molecule has 0 aliphatic heterocycles. The molecule has 0 unspecified atom stereocenters. The minimum atomic E-state index is -5.11. The molecule has 8 nitrogen and oxygen atoms in total. The summed E-state index contributed by atoms with van der Waals surface area (Å²) in [5, 5.41) is 21.2. The van der Waals surface area contributed by atoms with Crippen LogP contribution >= 0.6 is 19.4 Å². The maximum atomic E-state index is 13.1. The van der Waals surface area contributed by atoms with Gasteiger partial charge in [-0.1, -0.05) is 32.4 Å². The van der Waals surface area contributed by atoms with Gasteiger partial charge in [0.1, 0.15) is 12.2 Å². The summed E-state index contributed by atoms with van der Waals surface area (Å²) in [7, 11) is -5.11. The number of aliphatic hydroxyl groups excluding tert-OH is 2. The van der Waals surface area contributed by atoms with E-state index < -0.39 is 53.5 Å². The summed E-state index contributed by atoms with van der Waals surface area (Å²) < 4.78 is 17.2. The molecular weight excluding hydrogens is 482 g/mol. The third kappa shape index (κ3) is 3.59. The number of halogens is 1. The van der Waals surface area contributed by atoms with Gasteiger partial charge >= 0.3 is 37.4 Å². The summed E-state index contributed by atoms with van der Waals surface area (Å²) in [5.74, 6) is -2.16. The molecule has 0 bridgehead atoms. The zero-order valence-electron chi connectivity index (χ0n) is 18.3. The molecule has 0 amide bonds. The standard InChI is InChI=1S/C22H30ClO8P.Na.H/c1-12-8-16-15-5-4-13-9-14(25)6-7-19(13,2)21(15,23)17(26)10-20(16,3)22(12,18(27)11-24)31-32(28,29)30;;/h6-7,9,12,15-17,24,26H,4-5,8,10-11H2,1-3H3,(H2,28,29,30);;/t12-,15-,16-,17-,19-,20-,21-,22-;;/m0../s1. The van der Waals surface area contributed by atoms with E-state index in [4.69, 9.17) is 16.1 Å². The molecule has 0 aromatic carbocycles. The van der Waals surface area contributed by atoms with Crippen molar-refractivity contribution in [3.8, 4) is 0 Å². The van der Waals surface area contributed by atoms with Gasteiger partial charge < -0.3 is 20.0 Å². The Kier molecular flexibility index (Phi) is 7.24. The van der Waals surface area contributed by atoms with E-state index in [2.05, 4.69) is 0 Å². The van der Waals surface area contributed by atoms with Crippen molar-refractivity contribution in [3.05, 3.63) is 23.8 Å². The number of rotatable bonds is 4. The summed E-state index contributed by atoms with van der Waals surface area (Å²) in [6.07, 6.45) is 5.13. The topological polar surface area (TPSA) is 141 Å². The van der Waals surface area contributed by atoms with Crippen molar-refractivity contribution in [1.82, 2.24) is 0 Å². The first-order valence-corrected chi connectivity index (χ1v) is 12.8. The molecule has 33 heavy (non-hydrogen) atoms. The quantitative estimate of drug-likeness (QED) is 0.253. The molecule has 0 aromatic rings. The number of hydrogen-bond donors (Lipinski definition) is 4. The molecule has 3 fully saturated rings. The number of ketones is 2. The first-order valence-electron chi connectivity index (χ1n) is 10.9. The number of aliphatic hydroxyl groups is 2. The molecule has 0 aromatic heterocycles. The van der Waals surface area contributed by atoms with E-state index in [9.17, 15) is 34.2 Å². The van der Waals surface area contributed by atoms with Crippen LogP contribution in [-0.4, -0.2) is 84.3 Å². The molecule has 4 aliphatic carbocycles. The first-order chi connectivity index (χ1) is 14.7. The fourth-order valence-corrected chi connectivity index (χ4v) is 9.06. The van der Waals surface area contributed by atoms with E-state index in [-0.39, 0.29) is 53.6 Å². The summed E-state index contributed by atoms with van der Waals surface area (Å²) in [6, 6.07) is 0. The fourth-order valence-electron chi connectivity index (χ4n) is 7.67. The van der Waals surface area contributed by atoms with Gasteiger partial charge in [0.05, 0.1) is 11.0 Å². The number of fused-ring (bicyclic) bond motifs is 5. The Balaban J connectivity index is 0.00000306. The van der Waals surface area contributed by atoms with E-state index in [1.165, 1.54) is 6.08 Å². The van der Waals surface area contributed by atoms with Gasteiger partial charge in [0.25, 0.3) is 0 Å². The molecule has 0 radical (unpaired) electrons. The first kappa shape index (κ1) is 27.7. The monoisotopic (exact) mass is 512 g/mol. The van der Waals surface area contributed by atoms with Crippen molar-refractivity contribution in [3.63, 3.8) is 0 Å². The van der Waals surface area contributed by atoms with Gasteiger partial charge in [-0.2, -0.15) is 0 Å². The predicted octanol–water partition coefficient (Wildman–Crippen LogP) is 1.63. The Morgan fingerprint density at radius 2 is 1.94 bits per heavy atom. The Morgan fingerprint density at radius 3 is 2.52 bits per heavy atom. The second-order valence-corrected chi connectivity index (χ2v) is 12.1. The molecule has 0 spiro atoms. The third-order valence-corrected chi connectivity index (χ3v) is 10.5. The minimum absolute atomic E-state index is 0. The summed E-state index contributed by atoms with van der Waals surface area (Å²) in [4.78, 5) is 43.3. The summed E-state index contributed by atoms with van der Waals surface area (Å²) in [5.41, 5.74) is -3.05. The summed E-state index contributed by atoms with van der Waals surface area (Å²) in [6.45, 7) is 4.36. The van der Waals surface area contributed by atoms with Crippen LogP contribution in [0.25, 0.3) is 0 Å². The normalized spacial score (nSPS) is 46.5. The number of phosphoric acid groups is 1. The fraction of sp³-hybridized carbons (Fsp3) is 0.727. The van der Waals surface area contributed by atoms with Gasteiger partial charge in [0.2, 0.25) is 0 Å². The van der Waals surface area contributed by atoms with Gasteiger partial charge in [0.15, 0.2) is 11.6 Å². The van der Waals surface area contributed by atoms with E-state index in [0.717, 1.165) is 5.57 Å². The Hall–Kier alpha value is 0.140. The van der Waals surface area contributed by atoms with Crippen molar-refractivity contribution >= 4 is 60.5 Å². The number of allylic oxidation sites excluding steroid dienone is 4. The summed E-state index contributed by atoms with van der Waals surface area (Å²) >= 11 is 7.32. The van der Waals surface area contributed by atoms with Crippen LogP contribution in [-0.2, 0) is 18.7 Å². The van der Waals surface area contributed by atoms with E-state index in [0.29, 0.717) is 19.3 Å². The van der Waals surface area contributed by atoms with Crippen LogP contribution in [0.15, 0.2) is 23.8 Å². The van der Waals surface area contributed by atoms with Crippen LogP contribution in [0, 0.1) is 28.6 Å². The van der Waals surface area contributed by atoms with Crippen LogP contribution in [0.1, 0.15) is 46.5 Å². The molecule has 11 heteroatoms. The molecule has 8 atom stereocenters. The maximum absolute atomic E-state index is 13.1. The van der Waals surface area contributed by atoms with Crippen molar-refractivity contribution in [2.45, 2.75) is 63.0 Å².